The maximum Gasteiger partial charge on any atom is 0.301 e. The van der Waals surface area contributed by atoms with Crippen LogP contribution >= 0.6 is 11.3 Å². The SMILES string of the molecule is CCOc1cccc(C2C(=C(O)c3ccncc3)C(=O)C(=O)N2c2nc3c(C)cc(C)cc3s2)c1. The highest BCUT2D eigenvalue weighted by molar-refractivity contribution is 7.22. The third-order valence-electron chi connectivity index (χ3n) is 5.91. The number of fused-ring (bicyclic) bond motifs is 1. The van der Waals surface area contributed by atoms with Gasteiger partial charge in [0.2, 0.25) is 0 Å². The van der Waals surface area contributed by atoms with E-state index in [-0.39, 0.29) is 11.3 Å². The molecule has 1 fully saturated rings. The molecule has 0 saturated carbocycles. The Morgan fingerprint density at radius 2 is 1.89 bits per heavy atom. The van der Waals surface area contributed by atoms with Crippen LogP contribution in [0, 0.1) is 13.8 Å². The van der Waals surface area contributed by atoms with E-state index in [9.17, 15) is 14.7 Å². The summed E-state index contributed by atoms with van der Waals surface area (Å²) in [5.74, 6) is -1.15. The molecule has 35 heavy (non-hydrogen) atoms. The lowest BCUT2D eigenvalue weighted by atomic mass is 9.95. The Hall–Kier alpha value is -4.04. The second-order valence-electron chi connectivity index (χ2n) is 8.34. The number of hydrogen-bond donors (Lipinski definition) is 1. The number of benzene rings is 2. The number of nitrogens with zero attached hydrogens (tertiary/aromatic N) is 3. The first-order chi connectivity index (χ1) is 16.9. The predicted molar refractivity (Wildman–Crippen MR) is 136 cm³/mol. The first kappa shape index (κ1) is 22.7. The summed E-state index contributed by atoms with van der Waals surface area (Å²) < 4.78 is 6.60. The van der Waals surface area contributed by atoms with Gasteiger partial charge in [-0.2, -0.15) is 0 Å². The molecule has 3 heterocycles. The third-order valence-corrected chi connectivity index (χ3v) is 6.91. The van der Waals surface area contributed by atoms with E-state index in [4.69, 9.17) is 9.72 Å². The average molecular weight is 486 g/mol. The smallest absolute Gasteiger partial charge is 0.301 e. The molecule has 0 radical (unpaired) electrons. The molecule has 5 rings (SSSR count). The molecule has 1 unspecified atom stereocenters. The van der Waals surface area contributed by atoms with Crippen molar-refractivity contribution in [3.63, 3.8) is 0 Å². The van der Waals surface area contributed by atoms with Gasteiger partial charge >= 0.3 is 5.91 Å². The number of ether oxygens (including phenoxy) is 1. The van der Waals surface area contributed by atoms with Gasteiger partial charge in [0.25, 0.3) is 5.78 Å². The van der Waals surface area contributed by atoms with E-state index in [0.717, 1.165) is 21.3 Å². The van der Waals surface area contributed by atoms with Gasteiger partial charge in [0.05, 0.1) is 28.4 Å². The molecule has 2 aromatic carbocycles. The zero-order valence-electron chi connectivity index (χ0n) is 19.5. The Morgan fingerprint density at radius 1 is 1.11 bits per heavy atom. The van der Waals surface area contributed by atoms with Crippen LogP contribution in [0.4, 0.5) is 5.13 Å². The lowest BCUT2D eigenvalue weighted by Crippen LogP contribution is -2.29. The summed E-state index contributed by atoms with van der Waals surface area (Å²) in [5.41, 5.74) is 3.91. The number of aliphatic hydroxyl groups is 1. The van der Waals surface area contributed by atoms with E-state index in [1.807, 2.05) is 45.0 Å². The molecule has 1 saturated heterocycles. The largest absolute Gasteiger partial charge is 0.507 e. The zero-order valence-corrected chi connectivity index (χ0v) is 20.3. The quantitative estimate of drug-likeness (QED) is 0.233. The lowest BCUT2D eigenvalue weighted by molar-refractivity contribution is -0.132. The number of amides is 1. The van der Waals surface area contributed by atoms with Crippen molar-refractivity contribution in [2.45, 2.75) is 26.8 Å². The van der Waals surface area contributed by atoms with Crippen molar-refractivity contribution in [1.82, 2.24) is 9.97 Å². The summed E-state index contributed by atoms with van der Waals surface area (Å²) in [4.78, 5) is 36.9. The van der Waals surface area contributed by atoms with E-state index >= 15 is 0 Å². The molecule has 0 spiro atoms. The van der Waals surface area contributed by atoms with Gasteiger partial charge in [0.1, 0.15) is 11.5 Å². The molecule has 0 aliphatic carbocycles. The number of Topliss-reactive ketones (excluding diaryl/α,β-unsaturated/α-hetero) is 1. The number of aliphatic hydroxyl groups excluding tert-OH is 1. The van der Waals surface area contributed by atoms with E-state index in [2.05, 4.69) is 4.98 Å². The highest BCUT2D eigenvalue weighted by atomic mass is 32.1. The van der Waals surface area contributed by atoms with Crippen LogP contribution in [0.25, 0.3) is 16.0 Å². The van der Waals surface area contributed by atoms with Gasteiger partial charge in [0, 0.05) is 18.0 Å². The Balaban J connectivity index is 1.74. The highest BCUT2D eigenvalue weighted by Crippen LogP contribution is 2.45. The molecule has 0 bridgehead atoms. The van der Waals surface area contributed by atoms with Crippen molar-refractivity contribution >= 4 is 44.1 Å². The summed E-state index contributed by atoms with van der Waals surface area (Å²) in [6, 6.07) is 13.6. The van der Waals surface area contributed by atoms with Crippen molar-refractivity contribution in [1.29, 1.82) is 0 Å². The fourth-order valence-corrected chi connectivity index (χ4v) is 5.58. The van der Waals surface area contributed by atoms with E-state index < -0.39 is 17.7 Å². The highest BCUT2D eigenvalue weighted by Gasteiger charge is 2.48. The monoisotopic (exact) mass is 485 g/mol. The van der Waals surface area contributed by atoms with Crippen LogP contribution in [0.1, 0.15) is 35.2 Å². The normalized spacial score (nSPS) is 17.3. The number of ketones is 1. The minimum Gasteiger partial charge on any atom is -0.507 e. The number of hydrogen-bond acceptors (Lipinski definition) is 7. The Labute approximate surface area is 206 Å². The van der Waals surface area contributed by atoms with Crippen LogP contribution in [0.2, 0.25) is 0 Å². The summed E-state index contributed by atoms with van der Waals surface area (Å²) in [5, 5.41) is 11.6. The van der Waals surface area contributed by atoms with Crippen LogP contribution in [0.15, 0.2) is 66.5 Å². The average Bonchev–Trinajstić information content (AvgIpc) is 3.38. The minimum absolute atomic E-state index is 0.00186. The maximum atomic E-state index is 13.4. The van der Waals surface area contributed by atoms with Crippen molar-refractivity contribution in [2.75, 3.05) is 11.5 Å². The van der Waals surface area contributed by atoms with Gasteiger partial charge in [-0.05, 0) is 67.8 Å². The van der Waals surface area contributed by atoms with Crippen molar-refractivity contribution < 1.29 is 19.4 Å². The van der Waals surface area contributed by atoms with Crippen LogP contribution < -0.4 is 9.64 Å². The van der Waals surface area contributed by atoms with Crippen LogP contribution in [0.3, 0.4) is 0 Å². The van der Waals surface area contributed by atoms with E-state index in [0.29, 0.717) is 28.6 Å². The molecule has 4 aromatic rings. The number of aromatic nitrogens is 2. The van der Waals surface area contributed by atoms with Crippen molar-refractivity contribution in [2.24, 2.45) is 0 Å². The first-order valence-corrected chi connectivity index (χ1v) is 12.0. The summed E-state index contributed by atoms with van der Waals surface area (Å²) in [7, 11) is 0. The summed E-state index contributed by atoms with van der Waals surface area (Å²) in [6.07, 6.45) is 3.04. The topological polar surface area (TPSA) is 92.6 Å². The number of thiazole rings is 1. The molecule has 1 atom stereocenters. The van der Waals surface area contributed by atoms with Crippen molar-refractivity contribution in [3.8, 4) is 5.75 Å². The number of anilines is 1. The van der Waals surface area contributed by atoms with E-state index in [1.165, 1.54) is 28.6 Å². The molecule has 2 aromatic heterocycles. The zero-order chi connectivity index (χ0) is 24.7. The predicted octanol–water partition coefficient (Wildman–Crippen LogP) is 5.33. The summed E-state index contributed by atoms with van der Waals surface area (Å²) in [6.45, 7) is 6.33. The molecule has 8 heteroatoms. The molecular weight excluding hydrogens is 462 g/mol. The van der Waals surface area contributed by atoms with Gasteiger partial charge in [-0.15, -0.1) is 0 Å². The van der Waals surface area contributed by atoms with Gasteiger partial charge in [-0.1, -0.05) is 29.5 Å². The summed E-state index contributed by atoms with van der Waals surface area (Å²) >= 11 is 1.35. The number of pyridine rings is 1. The maximum absolute atomic E-state index is 13.4. The third kappa shape index (κ3) is 3.95. The van der Waals surface area contributed by atoms with Crippen LogP contribution in [0.5, 0.6) is 5.75 Å². The molecule has 1 aliphatic heterocycles. The number of carbonyl (C=O) groups excluding carboxylic acids is 2. The second-order valence-corrected chi connectivity index (χ2v) is 9.34. The van der Waals surface area contributed by atoms with Crippen LogP contribution in [-0.4, -0.2) is 33.4 Å². The molecule has 176 valence electrons. The number of aryl methyl sites for hydroxylation is 2. The Morgan fingerprint density at radius 3 is 2.63 bits per heavy atom. The fourth-order valence-electron chi connectivity index (χ4n) is 4.41. The van der Waals surface area contributed by atoms with Crippen molar-refractivity contribution in [3.05, 3.63) is 88.8 Å². The molecule has 1 N–H and O–H groups in total. The van der Waals surface area contributed by atoms with Crippen LogP contribution in [-0.2, 0) is 9.59 Å². The molecule has 7 nitrogen and oxygen atoms in total. The van der Waals surface area contributed by atoms with E-state index in [1.54, 1.807) is 24.3 Å². The van der Waals surface area contributed by atoms with Gasteiger partial charge in [-0.25, -0.2) is 4.98 Å². The fraction of sp³-hybridized carbons (Fsp3) is 0.185. The van der Waals surface area contributed by atoms with Gasteiger partial charge in [0.15, 0.2) is 5.13 Å². The standard InChI is InChI=1S/C27H23N3O4S/c1-4-34-19-7-5-6-18(14-19)23-21(24(31)17-8-10-28-11-9-17)25(32)26(33)30(23)27-29-22-16(3)12-15(2)13-20(22)35-27/h5-14,23,31H,4H2,1-3H3. The number of rotatable bonds is 5. The molecular formula is C27H23N3O4S. The van der Waals surface area contributed by atoms with Gasteiger partial charge in [-0.3, -0.25) is 19.5 Å². The number of carbonyl (C=O) groups is 2. The minimum atomic E-state index is -0.870. The second kappa shape index (κ2) is 8.96. The molecule has 1 amide bonds. The molecule has 1 aliphatic rings. The Bertz CT molecular complexity index is 1490. The Kier molecular flexibility index (Phi) is 5.82. The lowest BCUT2D eigenvalue weighted by Gasteiger charge is -2.23. The first-order valence-electron chi connectivity index (χ1n) is 11.2. The van der Waals surface area contributed by atoms with Gasteiger partial charge < -0.3 is 9.84 Å².